The molecule has 0 atom stereocenters. The lowest BCUT2D eigenvalue weighted by atomic mass is 10.2. The summed E-state index contributed by atoms with van der Waals surface area (Å²) < 4.78 is 0. The molecule has 0 radical (unpaired) electrons. The van der Waals surface area contributed by atoms with E-state index in [2.05, 4.69) is 21.3 Å². The van der Waals surface area contributed by atoms with Crippen molar-refractivity contribution in [2.24, 2.45) is 4.99 Å². The molecule has 0 saturated carbocycles. The number of rotatable bonds is 2. The smallest absolute Gasteiger partial charge is 0.159 e. The van der Waals surface area contributed by atoms with Gasteiger partial charge in [0.1, 0.15) is 0 Å². The lowest BCUT2D eigenvalue weighted by molar-refractivity contribution is -0.00000375. The van der Waals surface area contributed by atoms with Crippen LogP contribution in [0.2, 0.25) is 0 Å². The van der Waals surface area contributed by atoms with Crippen LogP contribution in [0.25, 0.3) is 0 Å². The minimum Gasteiger partial charge on any atom is -1.00 e. The maximum Gasteiger partial charge on any atom is 0.159 e. The van der Waals surface area contributed by atoms with Gasteiger partial charge in [-0.05, 0) is 24.7 Å². The number of hydrogen-bond acceptors (Lipinski definition) is 5. The van der Waals surface area contributed by atoms with Gasteiger partial charge in [0.2, 0.25) is 0 Å². The third-order valence-electron chi connectivity index (χ3n) is 2.41. The fourth-order valence-corrected chi connectivity index (χ4v) is 2.23. The van der Waals surface area contributed by atoms with Crippen molar-refractivity contribution in [2.75, 3.05) is 20.4 Å². The number of nitrogens with zero attached hydrogens (tertiary/aromatic N) is 3. The Kier molecular flexibility index (Phi) is 6.19. The van der Waals surface area contributed by atoms with Crippen molar-refractivity contribution in [1.82, 2.24) is 10.2 Å². The predicted octanol–water partition coefficient (Wildman–Crippen LogP) is -1.40. The van der Waals surface area contributed by atoms with Crippen LogP contribution in [0.5, 0.6) is 0 Å². The standard InChI is InChI=1S/C12H14N4S.BrH/c1-16-8-14-12(15-9-16)17-7-11-4-2-10(6-13)3-5-11;/h2-5H,7-9H2,1H3,(H,14,15);1H/p-1. The molecule has 1 heterocycles. The maximum absolute atomic E-state index is 8.70. The Hall–Kier alpha value is -1.03. The van der Waals surface area contributed by atoms with Gasteiger partial charge >= 0.3 is 0 Å². The number of benzene rings is 1. The summed E-state index contributed by atoms with van der Waals surface area (Å²) in [4.78, 5) is 6.50. The van der Waals surface area contributed by atoms with Crippen LogP contribution in [0.3, 0.4) is 0 Å². The first-order chi connectivity index (χ1) is 8.28. The molecule has 0 bridgehead atoms. The van der Waals surface area contributed by atoms with Crippen molar-refractivity contribution in [1.29, 1.82) is 5.26 Å². The second kappa shape index (κ2) is 7.41. The van der Waals surface area contributed by atoms with E-state index >= 15 is 0 Å². The second-order valence-corrected chi connectivity index (χ2v) is 4.86. The molecule has 96 valence electrons. The molecule has 2 rings (SSSR count). The van der Waals surface area contributed by atoms with Crippen molar-refractivity contribution < 1.29 is 17.0 Å². The van der Waals surface area contributed by atoms with Gasteiger partial charge in [0.15, 0.2) is 5.17 Å². The minimum absolute atomic E-state index is 0. The van der Waals surface area contributed by atoms with Gasteiger partial charge in [-0.1, -0.05) is 23.9 Å². The third-order valence-corrected chi connectivity index (χ3v) is 3.44. The molecule has 0 spiro atoms. The summed E-state index contributed by atoms with van der Waals surface area (Å²) in [5.41, 5.74) is 1.91. The first kappa shape index (κ1) is 15.0. The molecule has 4 nitrogen and oxygen atoms in total. The van der Waals surface area contributed by atoms with Crippen LogP contribution in [0.4, 0.5) is 0 Å². The summed E-state index contributed by atoms with van der Waals surface area (Å²) in [6, 6.07) is 9.78. The molecule has 18 heavy (non-hydrogen) atoms. The summed E-state index contributed by atoms with van der Waals surface area (Å²) in [6.07, 6.45) is 0. The first-order valence-electron chi connectivity index (χ1n) is 5.36. The SMILES string of the molecule is CN1CN=C(SCc2ccc(C#N)cc2)NC1.[Br-]. The Morgan fingerprint density at radius 3 is 2.72 bits per heavy atom. The van der Waals surface area contributed by atoms with Crippen molar-refractivity contribution in [3.8, 4) is 6.07 Å². The number of hydrogen-bond donors (Lipinski definition) is 1. The summed E-state index contributed by atoms with van der Waals surface area (Å²) in [7, 11) is 2.03. The first-order valence-corrected chi connectivity index (χ1v) is 6.35. The van der Waals surface area contributed by atoms with E-state index in [-0.39, 0.29) is 17.0 Å². The molecule has 0 saturated heterocycles. The predicted molar refractivity (Wildman–Crippen MR) is 70.5 cm³/mol. The zero-order chi connectivity index (χ0) is 12.1. The Morgan fingerprint density at radius 1 is 1.44 bits per heavy atom. The van der Waals surface area contributed by atoms with Crippen molar-refractivity contribution in [3.63, 3.8) is 0 Å². The number of nitrogens with one attached hydrogen (secondary N) is 1. The number of amidine groups is 1. The lowest BCUT2D eigenvalue weighted by Crippen LogP contribution is -3.00. The quantitative estimate of drug-likeness (QED) is 0.727. The van der Waals surface area contributed by atoms with Crippen molar-refractivity contribution in [3.05, 3.63) is 35.4 Å². The molecule has 0 unspecified atom stereocenters. The van der Waals surface area contributed by atoms with Crippen LogP contribution < -0.4 is 22.3 Å². The van der Waals surface area contributed by atoms with Gasteiger partial charge in [0.05, 0.1) is 25.0 Å². The van der Waals surface area contributed by atoms with Crippen LogP contribution in [-0.2, 0) is 5.75 Å². The summed E-state index contributed by atoms with van der Waals surface area (Å²) in [6.45, 7) is 1.60. The van der Waals surface area contributed by atoms with Gasteiger partial charge in [-0.15, -0.1) is 0 Å². The highest BCUT2D eigenvalue weighted by Crippen LogP contribution is 2.14. The normalized spacial score (nSPS) is 15.0. The molecule has 1 aromatic rings. The molecule has 0 fully saturated rings. The van der Waals surface area contributed by atoms with Crippen LogP contribution in [-0.4, -0.2) is 30.5 Å². The van der Waals surface area contributed by atoms with E-state index in [9.17, 15) is 0 Å². The number of aliphatic imine (C=N–C) groups is 1. The fraction of sp³-hybridized carbons (Fsp3) is 0.333. The van der Waals surface area contributed by atoms with E-state index in [4.69, 9.17) is 5.26 Å². The van der Waals surface area contributed by atoms with E-state index in [0.29, 0.717) is 5.56 Å². The minimum atomic E-state index is 0. The zero-order valence-electron chi connectivity index (χ0n) is 10.1. The topological polar surface area (TPSA) is 51.4 Å². The summed E-state index contributed by atoms with van der Waals surface area (Å²) >= 11 is 1.70. The molecule has 1 N–H and O–H groups in total. The van der Waals surface area contributed by atoms with Gasteiger partial charge in [-0.25, -0.2) is 4.99 Å². The second-order valence-electron chi connectivity index (χ2n) is 3.89. The Bertz CT molecular complexity index is 452. The Balaban J connectivity index is 0.00000162. The molecule has 1 aliphatic heterocycles. The molecular weight excluding hydrogens is 312 g/mol. The highest BCUT2D eigenvalue weighted by Gasteiger charge is 2.08. The molecule has 0 aliphatic carbocycles. The van der Waals surface area contributed by atoms with Crippen LogP contribution in [0, 0.1) is 11.3 Å². The molecule has 1 aromatic carbocycles. The number of thioether (sulfide) groups is 1. The zero-order valence-corrected chi connectivity index (χ0v) is 12.5. The number of nitriles is 1. The highest BCUT2D eigenvalue weighted by atomic mass is 79.9. The van der Waals surface area contributed by atoms with Crippen molar-refractivity contribution >= 4 is 16.9 Å². The largest absolute Gasteiger partial charge is 1.00 e. The van der Waals surface area contributed by atoms with E-state index in [1.807, 2.05) is 31.3 Å². The molecule has 1 aliphatic rings. The van der Waals surface area contributed by atoms with E-state index < -0.39 is 0 Å². The average molecular weight is 326 g/mol. The van der Waals surface area contributed by atoms with Gasteiger partial charge in [0.25, 0.3) is 0 Å². The van der Waals surface area contributed by atoms with Crippen molar-refractivity contribution in [2.45, 2.75) is 5.75 Å². The van der Waals surface area contributed by atoms with Gasteiger partial charge in [0, 0.05) is 5.75 Å². The summed E-state index contributed by atoms with van der Waals surface area (Å²) in [5, 5.41) is 12.9. The molecule has 0 amide bonds. The molecule has 0 aromatic heterocycles. The van der Waals surface area contributed by atoms with Crippen LogP contribution in [0.15, 0.2) is 29.3 Å². The van der Waals surface area contributed by atoms with E-state index in [0.717, 1.165) is 24.3 Å². The molecular formula is C12H14BrN4S-. The van der Waals surface area contributed by atoms with Gasteiger partial charge in [-0.3, -0.25) is 4.90 Å². The monoisotopic (exact) mass is 325 g/mol. The average Bonchev–Trinajstić information content (AvgIpc) is 2.39. The van der Waals surface area contributed by atoms with Gasteiger partial charge < -0.3 is 22.3 Å². The fourth-order valence-electron chi connectivity index (χ4n) is 1.42. The van der Waals surface area contributed by atoms with Crippen LogP contribution >= 0.6 is 11.8 Å². The lowest BCUT2D eigenvalue weighted by Gasteiger charge is -2.22. The molecule has 6 heteroatoms. The third kappa shape index (κ3) is 4.33. The Morgan fingerprint density at radius 2 is 2.17 bits per heavy atom. The number of halogens is 1. The maximum atomic E-state index is 8.70. The summed E-state index contributed by atoms with van der Waals surface area (Å²) in [5.74, 6) is 0.876. The van der Waals surface area contributed by atoms with E-state index in [1.54, 1.807) is 11.8 Å². The van der Waals surface area contributed by atoms with Crippen LogP contribution in [0.1, 0.15) is 11.1 Å². The Labute approximate surface area is 122 Å². The van der Waals surface area contributed by atoms with Gasteiger partial charge in [-0.2, -0.15) is 5.26 Å². The highest BCUT2D eigenvalue weighted by molar-refractivity contribution is 8.13. The van der Waals surface area contributed by atoms with E-state index in [1.165, 1.54) is 5.56 Å².